The van der Waals surface area contributed by atoms with Crippen molar-refractivity contribution >= 4 is 5.69 Å². The first-order valence-corrected chi connectivity index (χ1v) is 8.02. The van der Waals surface area contributed by atoms with Crippen molar-refractivity contribution in [2.24, 2.45) is 5.41 Å². The molecule has 0 radical (unpaired) electrons. The van der Waals surface area contributed by atoms with Crippen LogP contribution < -0.4 is 10.2 Å². The molecule has 1 aromatic rings. The van der Waals surface area contributed by atoms with Gasteiger partial charge in [-0.15, -0.1) is 0 Å². The molecule has 1 saturated carbocycles. The van der Waals surface area contributed by atoms with Crippen molar-refractivity contribution in [1.29, 1.82) is 0 Å². The second-order valence-corrected chi connectivity index (χ2v) is 7.65. The van der Waals surface area contributed by atoms with Crippen LogP contribution in [-0.4, -0.2) is 25.7 Å². The van der Waals surface area contributed by atoms with Crippen molar-refractivity contribution in [2.75, 3.05) is 25.0 Å². The third-order valence-corrected chi connectivity index (χ3v) is 4.48. The Morgan fingerprint density at radius 3 is 2.48 bits per heavy atom. The number of hydrogen-bond donors (Lipinski definition) is 1. The zero-order chi connectivity index (χ0) is 15.5. The Morgan fingerprint density at radius 2 is 1.90 bits per heavy atom. The number of nitrogens with zero attached hydrogens (tertiary/aromatic N) is 1. The molecule has 2 nitrogen and oxygen atoms in total. The van der Waals surface area contributed by atoms with Crippen LogP contribution in [-0.2, 0) is 0 Å². The van der Waals surface area contributed by atoms with E-state index in [1.54, 1.807) is 12.1 Å². The molecule has 118 valence electrons. The van der Waals surface area contributed by atoms with E-state index in [9.17, 15) is 4.39 Å². The molecule has 0 bridgehead atoms. The van der Waals surface area contributed by atoms with Gasteiger partial charge in [-0.05, 0) is 51.8 Å². The van der Waals surface area contributed by atoms with Crippen molar-refractivity contribution in [2.45, 2.75) is 52.0 Å². The van der Waals surface area contributed by atoms with Crippen molar-refractivity contribution in [3.63, 3.8) is 0 Å². The van der Waals surface area contributed by atoms with Gasteiger partial charge in [0.25, 0.3) is 0 Å². The van der Waals surface area contributed by atoms with Gasteiger partial charge in [-0.2, -0.15) is 0 Å². The summed E-state index contributed by atoms with van der Waals surface area (Å²) in [6.45, 7) is 8.67. The maximum absolute atomic E-state index is 13.4. The fourth-order valence-corrected chi connectivity index (χ4v) is 3.28. The van der Waals surface area contributed by atoms with E-state index in [2.05, 4.69) is 38.0 Å². The fraction of sp³-hybridized carbons (Fsp3) is 0.667. The fourth-order valence-electron chi connectivity index (χ4n) is 3.28. The Labute approximate surface area is 128 Å². The van der Waals surface area contributed by atoms with Gasteiger partial charge < -0.3 is 10.2 Å². The summed E-state index contributed by atoms with van der Waals surface area (Å²) in [4.78, 5) is 2.21. The molecule has 0 unspecified atom stereocenters. The van der Waals surface area contributed by atoms with E-state index in [0.29, 0.717) is 5.41 Å². The number of halogens is 1. The third-order valence-electron chi connectivity index (χ3n) is 4.48. The Bertz CT molecular complexity index is 459. The number of hydrogen-bond acceptors (Lipinski definition) is 2. The molecule has 1 aliphatic rings. The van der Waals surface area contributed by atoms with Gasteiger partial charge in [-0.1, -0.05) is 18.9 Å². The van der Waals surface area contributed by atoms with E-state index >= 15 is 0 Å². The van der Waals surface area contributed by atoms with Gasteiger partial charge in [0.05, 0.1) is 0 Å². The molecule has 0 saturated heterocycles. The van der Waals surface area contributed by atoms with Gasteiger partial charge in [0, 0.05) is 36.8 Å². The van der Waals surface area contributed by atoms with Crippen LogP contribution in [0.25, 0.3) is 0 Å². The van der Waals surface area contributed by atoms with Gasteiger partial charge in [0.15, 0.2) is 0 Å². The molecule has 3 heteroatoms. The van der Waals surface area contributed by atoms with E-state index in [1.165, 1.54) is 31.7 Å². The molecule has 1 fully saturated rings. The molecule has 1 aliphatic carbocycles. The smallest absolute Gasteiger partial charge is 0.125 e. The maximum Gasteiger partial charge on any atom is 0.125 e. The summed E-state index contributed by atoms with van der Waals surface area (Å²) in [6, 6.07) is 6.91. The van der Waals surface area contributed by atoms with E-state index in [4.69, 9.17) is 0 Å². The number of benzene rings is 1. The van der Waals surface area contributed by atoms with Crippen LogP contribution in [0, 0.1) is 11.2 Å². The van der Waals surface area contributed by atoms with Crippen molar-refractivity contribution in [3.8, 4) is 0 Å². The van der Waals surface area contributed by atoms with Crippen LogP contribution in [0.3, 0.4) is 0 Å². The van der Waals surface area contributed by atoms with Crippen LogP contribution >= 0.6 is 0 Å². The van der Waals surface area contributed by atoms with E-state index in [1.807, 2.05) is 6.07 Å². The number of rotatable bonds is 5. The Hall–Kier alpha value is -1.09. The second-order valence-electron chi connectivity index (χ2n) is 7.65. The van der Waals surface area contributed by atoms with Crippen LogP contribution in [0.2, 0.25) is 0 Å². The maximum atomic E-state index is 13.4. The summed E-state index contributed by atoms with van der Waals surface area (Å²) in [5, 5.41) is 3.67. The lowest BCUT2D eigenvalue weighted by molar-refractivity contribution is 0.252. The molecule has 0 spiro atoms. The van der Waals surface area contributed by atoms with E-state index < -0.39 is 0 Å². The predicted molar refractivity (Wildman–Crippen MR) is 88.3 cm³/mol. The highest BCUT2D eigenvalue weighted by molar-refractivity contribution is 5.45. The highest BCUT2D eigenvalue weighted by Crippen LogP contribution is 2.39. The first-order valence-electron chi connectivity index (χ1n) is 8.02. The highest BCUT2D eigenvalue weighted by atomic mass is 19.1. The Kier molecular flexibility index (Phi) is 4.92. The second kappa shape index (κ2) is 6.35. The molecular formula is C18H29FN2. The zero-order valence-corrected chi connectivity index (χ0v) is 13.9. The van der Waals surface area contributed by atoms with Gasteiger partial charge >= 0.3 is 0 Å². The lowest BCUT2D eigenvalue weighted by atomic mass is 9.84. The molecule has 1 aromatic carbocycles. The molecule has 0 atom stereocenters. The summed E-state index contributed by atoms with van der Waals surface area (Å²) in [5.41, 5.74) is 1.43. The average Bonchev–Trinajstić information content (AvgIpc) is 2.85. The summed E-state index contributed by atoms with van der Waals surface area (Å²) >= 11 is 0. The van der Waals surface area contributed by atoms with Crippen molar-refractivity contribution in [3.05, 3.63) is 30.1 Å². The summed E-state index contributed by atoms with van der Waals surface area (Å²) in [6.07, 6.45) is 5.14. The van der Waals surface area contributed by atoms with Crippen molar-refractivity contribution < 1.29 is 4.39 Å². The van der Waals surface area contributed by atoms with Crippen LogP contribution in [0.5, 0.6) is 0 Å². The molecule has 0 amide bonds. The quantitative estimate of drug-likeness (QED) is 0.874. The van der Waals surface area contributed by atoms with Crippen LogP contribution in [0.1, 0.15) is 46.5 Å². The normalized spacial score (nSPS) is 18.0. The Morgan fingerprint density at radius 1 is 1.24 bits per heavy atom. The molecule has 0 aromatic heterocycles. The average molecular weight is 292 g/mol. The van der Waals surface area contributed by atoms with E-state index in [-0.39, 0.29) is 11.4 Å². The largest absolute Gasteiger partial charge is 0.374 e. The topological polar surface area (TPSA) is 15.3 Å². The third kappa shape index (κ3) is 4.70. The molecule has 1 N–H and O–H groups in total. The molecule has 0 heterocycles. The standard InChI is InChI=1S/C18H29FN2/c1-17(2,3)20-13-18(10-5-6-11-18)14-21(4)16-9-7-8-15(19)12-16/h7-9,12,20H,5-6,10-11,13-14H2,1-4H3. The molecular weight excluding hydrogens is 263 g/mol. The van der Waals surface area contributed by atoms with Gasteiger partial charge in [0.2, 0.25) is 0 Å². The zero-order valence-electron chi connectivity index (χ0n) is 13.9. The molecule has 0 aliphatic heterocycles. The van der Waals surface area contributed by atoms with E-state index in [0.717, 1.165) is 18.8 Å². The SMILES string of the molecule is CN(CC1(CNC(C)(C)C)CCCC1)c1cccc(F)c1. The summed E-state index contributed by atoms with van der Waals surface area (Å²) in [5.74, 6) is -0.160. The Balaban J connectivity index is 2.05. The number of nitrogens with one attached hydrogen (secondary N) is 1. The van der Waals surface area contributed by atoms with Crippen LogP contribution in [0.15, 0.2) is 24.3 Å². The first kappa shape index (κ1) is 16.3. The molecule has 21 heavy (non-hydrogen) atoms. The lowest BCUT2D eigenvalue weighted by Crippen LogP contribution is -2.47. The minimum Gasteiger partial charge on any atom is -0.374 e. The predicted octanol–water partition coefficient (Wildman–Crippen LogP) is 4.21. The van der Waals surface area contributed by atoms with Gasteiger partial charge in [-0.3, -0.25) is 0 Å². The first-order chi connectivity index (χ1) is 9.80. The summed E-state index contributed by atoms with van der Waals surface area (Å²) in [7, 11) is 2.08. The minimum absolute atomic E-state index is 0.146. The number of anilines is 1. The highest BCUT2D eigenvalue weighted by Gasteiger charge is 2.35. The summed E-state index contributed by atoms with van der Waals surface area (Å²) < 4.78 is 13.4. The molecule has 2 rings (SSSR count). The van der Waals surface area contributed by atoms with Crippen molar-refractivity contribution in [1.82, 2.24) is 5.32 Å². The monoisotopic (exact) mass is 292 g/mol. The van der Waals surface area contributed by atoms with Crippen LogP contribution in [0.4, 0.5) is 10.1 Å². The minimum atomic E-state index is -0.160. The lowest BCUT2D eigenvalue weighted by Gasteiger charge is -2.37. The van der Waals surface area contributed by atoms with Gasteiger partial charge in [0.1, 0.15) is 5.82 Å². The van der Waals surface area contributed by atoms with Gasteiger partial charge in [-0.25, -0.2) is 4.39 Å².